The SMILES string of the molecule is CCCCCCCCCCCCCC(CCC(C)C(C)C)CC(C)C. The van der Waals surface area contributed by atoms with Gasteiger partial charge in [0.1, 0.15) is 0 Å². The molecule has 0 radical (unpaired) electrons. The van der Waals surface area contributed by atoms with Crippen LogP contribution in [-0.2, 0) is 0 Å². The Kier molecular flexibility index (Phi) is 17.4. The molecule has 0 spiro atoms. The summed E-state index contributed by atoms with van der Waals surface area (Å²) in [6.07, 6.45) is 21.9. The van der Waals surface area contributed by atoms with E-state index in [-0.39, 0.29) is 0 Å². The van der Waals surface area contributed by atoms with Crippen LogP contribution in [0.5, 0.6) is 0 Å². The molecule has 0 heterocycles. The first-order valence-corrected chi connectivity index (χ1v) is 12.0. The van der Waals surface area contributed by atoms with Crippen LogP contribution in [0.25, 0.3) is 0 Å². The van der Waals surface area contributed by atoms with Crippen LogP contribution >= 0.6 is 0 Å². The van der Waals surface area contributed by atoms with Gasteiger partial charge in [-0.05, 0) is 30.1 Å². The Balaban J connectivity index is 3.63. The molecule has 2 unspecified atom stereocenters. The molecule has 0 fully saturated rings. The van der Waals surface area contributed by atoms with Crippen LogP contribution in [0, 0.1) is 23.7 Å². The molecule has 0 aromatic carbocycles. The van der Waals surface area contributed by atoms with E-state index in [1.807, 2.05) is 0 Å². The van der Waals surface area contributed by atoms with Gasteiger partial charge in [-0.25, -0.2) is 0 Å². The summed E-state index contributed by atoms with van der Waals surface area (Å²) in [6, 6.07) is 0. The van der Waals surface area contributed by atoms with E-state index in [0.717, 1.165) is 23.7 Å². The zero-order valence-corrected chi connectivity index (χ0v) is 18.9. The summed E-state index contributed by atoms with van der Waals surface area (Å²) in [5, 5.41) is 0. The first-order valence-electron chi connectivity index (χ1n) is 12.0. The van der Waals surface area contributed by atoms with Crippen molar-refractivity contribution >= 4 is 0 Å². The Labute approximate surface area is 161 Å². The van der Waals surface area contributed by atoms with Crippen molar-refractivity contribution in [3.8, 4) is 0 Å². The third kappa shape index (κ3) is 17.2. The molecule has 25 heavy (non-hydrogen) atoms. The smallest absolute Gasteiger partial charge is 0.0412 e. The van der Waals surface area contributed by atoms with Crippen LogP contribution in [0.1, 0.15) is 138 Å². The zero-order chi connectivity index (χ0) is 18.9. The second kappa shape index (κ2) is 17.4. The molecule has 0 nitrogen and oxygen atoms in total. The largest absolute Gasteiger partial charge is 0.0654 e. The van der Waals surface area contributed by atoms with Crippen molar-refractivity contribution < 1.29 is 0 Å². The fraction of sp³-hybridized carbons (Fsp3) is 1.00. The lowest BCUT2D eigenvalue weighted by atomic mass is 9.84. The molecule has 2 atom stereocenters. The number of hydrogen-bond acceptors (Lipinski definition) is 0. The Hall–Kier alpha value is 0. The number of rotatable bonds is 18. The molecule has 0 aliphatic heterocycles. The highest BCUT2D eigenvalue weighted by Crippen LogP contribution is 2.27. The van der Waals surface area contributed by atoms with Gasteiger partial charge in [0.2, 0.25) is 0 Å². The molecule has 0 rings (SSSR count). The zero-order valence-electron chi connectivity index (χ0n) is 18.9. The molecule has 0 saturated carbocycles. The summed E-state index contributed by atoms with van der Waals surface area (Å²) in [6.45, 7) is 14.3. The fourth-order valence-corrected chi connectivity index (χ4v) is 3.98. The van der Waals surface area contributed by atoms with Crippen LogP contribution in [0.3, 0.4) is 0 Å². The van der Waals surface area contributed by atoms with E-state index >= 15 is 0 Å². The van der Waals surface area contributed by atoms with Crippen molar-refractivity contribution in [2.75, 3.05) is 0 Å². The summed E-state index contributed by atoms with van der Waals surface area (Å²) in [5.41, 5.74) is 0. The first-order chi connectivity index (χ1) is 12.0. The average Bonchev–Trinajstić information content (AvgIpc) is 2.56. The monoisotopic (exact) mass is 352 g/mol. The molecule has 0 aliphatic rings. The van der Waals surface area contributed by atoms with Crippen molar-refractivity contribution in [2.24, 2.45) is 23.7 Å². The lowest BCUT2D eigenvalue weighted by Gasteiger charge is -2.22. The van der Waals surface area contributed by atoms with Crippen molar-refractivity contribution in [2.45, 2.75) is 138 Å². The van der Waals surface area contributed by atoms with Crippen molar-refractivity contribution in [3.05, 3.63) is 0 Å². The molecular weight excluding hydrogens is 300 g/mol. The summed E-state index contributed by atoms with van der Waals surface area (Å²) in [7, 11) is 0. The predicted octanol–water partition coefficient (Wildman–Crippen LogP) is 9.42. The average molecular weight is 353 g/mol. The summed E-state index contributed by atoms with van der Waals surface area (Å²) < 4.78 is 0. The molecule has 0 heteroatoms. The van der Waals surface area contributed by atoms with Gasteiger partial charge in [0.25, 0.3) is 0 Å². The van der Waals surface area contributed by atoms with E-state index in [2.05, 4.69) is 41.5 Å². The number of unbranched alkanes of at least 4 members (excludes halogenated alkanes) is 10. The maximum Gasteiger partial charge on any atom is -0.0412 e. The van der Waals surface area contributed by atoms with E-state index in [9.17, 15) is 0 Å². The van der Waals surface area contributed by atoms with Gasteiger partial charge in [-0.1, -0.05) is 131 Å². The van der Waals surface area contributed by atoms with E-state index in [0.29, 0.717) is 0 Å². The van der Waals surface area contributed by atoms with Gasteiger partial charge in [-0.15, -0.1) is 0 Å². The fourth-order valence-electron chi connectivity index (χ4n) is 3.98. The molecular formula is C25H52. The Bertz CT molecular complexity index is 253. The molecule has 0 saturated heterocycles. The lowest BCUT2D eigenvalue weighted by molar-refractivity contribution is 0.296. The minimum Gasteiger partial charge on any atom is -0.0654 e. The maximum absolute atomic E-state index is 2.44. The highest BCUT2D eigenvalue weighted by Gasteiger charge is 2.14. The van der Waals surface area contributed by atoms with Crippen LogP contribution in [0.15, 0.2) is 0 Å². The van der Waals surface area contributed by atoms with Crippen LogP contribution in [0.2, 0.25) is 0 Å². The van der Waals surface area contributed by atoms with Gasteiger partial charge in [-0.2, -0.15) is 0 Å². The van der Waals surface area contributed by atoms with Crippen LogP contribution in [0.4, 0.5) is 0 Å². The van der Waals surface area contributed by atoms with Gasteiger partial charge in [0.15, 0.2) is 0 Å². The normalized spacial score (nSPS) is 14.4. The molecule has 0 bridgehead atoms. The summed E-state index contributed by atoms with van der Waals surface area (Å²) in [5.74, 6) is 3.60. The van der Waals surface area contributed by atoms with Crippen molar-refractivity contribution in [1.82, 2.24) is 0 Å². The van der Waals surface area contributed by atoms with Gasteiger partial charge in [-0.3, -0.25) is 0 Å². The Morgan fingerprint density at radius 3 is 1.44 bits per heavy atom. The Morgan fingerprint density at radius 2 is 1.00 bits per heavy atom. The quantitative estimate of drug-likeness (QED) is 0.215. The Morgan fingerprint density at radius 1 is 0.520 bits per heavy atom. The van der Waals surface area contributed by atoms with Crippen LogP contribution in [-0.4, -0.2) is 0 Å². The van der Waals surface area contributed by atoms with Crippen LogP contribution < -0.4 is 0 Å². The van der Waals surface area contributed by atoms with Gasteiger partial charge < -0.3 is 0 Å². The summed E-state index contributed by atoms with van der Waals surface area (Å²) >= 11 is 0. The molecule has 0 aromatic heterocycles. The van der Waals surface area contributed by atoms with Gasteiger partial charge in [0, 0.05) is 0 Å². The van der Waals surface area contributed by atoms with Crippen molar-refractivity contribution in [3.63, 3.8) is 0 Å². The van der Waals surface area contributed by atoms with E-state index in [4.69, 9.17) is 0 Å². The topological polar surface area (TPSA) is 0 Å². The molecule has 0 aromatic rings. The second-order valence-electron chi connectivity index (χ2n) is 9.62. The highest BCUT2D eigenvalue weighted by molar-refractivity contribution is 4.66. The molecule has 152 valence electrons. The highest BCUT2D eigenvalue weighted by atomic mass is 14.2. The maximum atomic E-state index is 2.44. The predicted molar refractivity (Wildman–Crippen MR) is 117 cm³/mol. The number of hydrogen-bond donors (Lipinski definition) is 0. The first kappa shape index (κ1) is 25.0. The van der Waals surface area contributed by atoms with Crippen molar-refractivity contribution in [1.29, 1.82) is 0 Å². The third-order valence-corrected chi connectivity index (χ3v) is 6.19. The minimum absolute atomic E-state index is 0.849. The van der Waals surface area contributed by atoms with E-state index in [1.165, 1.54) is 96.3 Å². The summed E-state index contributed by atoms with van der Waals surface area (Å²) in [4.78, 5) is 0. The van der Waals surface area contributed by atoms with Gasteiger partial charge >= 0.3 is 0 Å². The van der Waals surface area contributed by atoms with E-state index < -0.39 is 0 Å². The minimum atomic E-state index is 0.849. The second-order valence-corrected chi connectivity index (χ2v) is 9.62. The third-order valence-electron chi connectivity index (χ3n) is 6.19. The standard InChI is InChI=1S/C25H52/c1-7-8-9-10-11-12-13-14-15-16-17-18-25(21-22(2)3)20-19-24(6)23(4)5/h22-25H,7-21H2,1-6H3. The van der Waals surface area contributed by atoms with Gasteiger partial charge in [0.05, 0.1) is 0 Å². The molecule has 0 N–H and O–H groups in total. The molecule has 0 aliphatic carbocycles. The van der Waals surface area contributed by atoms with E-state index in [1.54, 1.807) is 0 Å². The lowest BCUT2D eigenvalue weighted by Crippen LogP contribution is -2.10. The molecule has 0 amide bonds.